The van der Waals surface area contributed by atoms with E-state index in [9.17, 15) is 14.7 Å². The molecule has 0 bridgehead atoms. The zero-order valence-corrected chi connectivity index (χ0v) is 22.8. The van der Waals surface area contributed by atoms with Gasteiger partial charge in [-0.3, -0.25) is 0 Å². The lowest BCUT2D eigenvalue weighted by Gasteiger charge is -2.26. The molecule has 4 aromatic rings. The second-order valence-electron chi connectivity index (χ2n) is 10.6. The molecule has 1 aliphatic heterocycles. The fourth-order valence-electron chi connectivity index (χ4n) is 5.05. The third-order valence-corrected chi connectivity index (χ3v) is 7.36. The topological polar surface area (TPSA) is 88.1 Å². The summed E-state index contributed by atoms with van der Waals surface area (Å²) in [6, 6.07) is 28.9. The Hall–Kier alpha value is -4.52. The molecule has 1 saturated heterocycles. The number of nitrogens with zero attached hydrogens (tertiary/aromatic N) is 1. The molecule has 0 spiro atoms. The van der Waals surface area contributed by atoms with Gasteiger partial charge in [-0.05, 0) is 71.6 Å². The number of para-hydroxylation sites is 1. The molecular formula is C33H34N2O5. The summed E-state index contributed by atoms with van der Waals surface area (Å²) < 4.78 is 11.8. The van der Waals surface area contributed by atoms with Gasteiger partial charge in [0, 0.05) is 25.9 Å². The normalized spacial score (nSPS) is 16.4. The number of amides is 2. The zero-order valence-electron chi connectivity index (χ0n) is 22.8. The Morgan fingerprint density at radius 3 is 2.35 bits per heavy atom. The van der Waals surface area contributed by atoms with Crippen LogP contribution in [0.2, 0.25) is 0 Å². The first-order valence-corrected chi connectivity index (χ1v) is 13.5. The summed E-state index contributed by atoms with van der Waals surface area (Å²) in [5, 5.41) is 15.3. The summed E-state index contributed by atoms with van der Waals surface area (Å²) in [6.07, 6.45) is 0.890. The minimum atomic E-state index is -1.40. The maximum absolute atomic E-state index is 12.6. The number of ether oxygens (including phenoxy) is 2. The number of fused-ring (bicyclic) bond motifs is 1. The molecule has 1 fully saturated rings. The summed E-state index contributed by atoms with van der Waals surface area (Å²) in [5.74, 6) is 0.176. The van der Waals surface area contributed by atoms with Crippen LogP contribution in [0.3, 0.4) is 0 Å². The van der Waals surface area contributed by atoms with Gasteiger partial charge in [0.1, 0.15) is 11.5 Å². The Labute approximate surface area is 234 Å². The number of carboxylic acids is 1. The van der Waals surface area contributed by atoms with Gasteiger partial charge in [0.25, 0.3) is 0 Å². The Bertz CT molecular complexity index is 1490. The standard InChI is InChI=1S/C33H34N2O5/c1-23-18-25-8-6-7-9-26(25)19-27(23)21-35-22-28(34-32(35)38)16-17-39-29-14-12-24(13-15-29)20-33(2,31(36)37)40-30-10-4-3-5-11-30/h3-15,18-19,28H,16-17,20-22H2,1-2H3,(H,34,38)(H,36,37). The lowest BCUT2D eigenvalue weighted by molar-refractivity contribution is -0.153. The highest BCUT2D eigenvalue weighted by atomic mass is 16.5. The maximum Gasteiger partial charge on any atom is 0.348 e. The maximum atomic E-state index is 12.6. The van der Waals surface area contributed by atoms with Crippen molar-refractivity contribution in [2.75, 3.05) is 13.2 Å². The van der Waals surface area contributed by atoms with E-state index in [4.69, 9.17) is 9.47 Å². The summed E-state index contributed by atoms with van der Waals surface area (Å²) >= 11 is 0. The predicted molar refractivity (Wildman–Crippen MR) is 155 cm³/mol. The number of aryl methyl sites for hydroxylation is 1. The highest BCUT2D eigenvalue weighted by Crippen LogP contribution is 2.25. The van der Waals surface area contributed by atoms with E-state index >= 15 is 0 Å². The van der Waals surface area contributed by atoms with Crippen LogP contribution in [0.1, 0.15) is 30.0 Å². The number of aliphatic carboxylic acids is 1. The minimum Gasteiger partial charge on any atom is -0.494 e. The van der Waals surface area contributed by atoms with Crippen LogP contribution in [0, 0.1) is 6.92 Å². The van der Waals surface area contributed by atoms with Crippen molar-refractivity contribution in [1.29, 1.82) is 0 Å². The molecular weight excluding hydrogens is 504 g/mol. The average Bonchev–Trinajstić information content (AvgIpc) is 3.29. The molecule has 7 nitrogen and oxygen atoms in total. The Balaban J connectivity index is 1.12. The first kappa shape index (κ1) is 27.1. The van der Waals surface area contributed by atoms with Crippen LogP contribution >= 0.6 is 0 Å². The van der Waals surface area contributed by atoms with Gasteiger partial charge in [-0.2, -0.15) is 0 Å². The summed E-state index contributed by atoms with van der Waals surface area (Å²) in [7, 11) is 0. The number of hydrogen-bond acceptors (Lipinski definition) is 4. The number of urea groups is 1. The van der Waals surface area contributed by atoms with Crippen LogP contribution in [0.5, 0.6) is 11.5 Å². The molecule has 206 valence electrons. The molecule has 5 rings (SSSR count). The van der Waals surface area contributed by atoms with Crippen molar-refractivity contribution < 1.29 is 24.2 Å². The molecule has 40 heavy (non-hydrogen) atoms. The molecule has 1 heterocycles. The van der Waals surface area contributed by atoms with E-state index in [-0.39, 0.29) is 18.5 Å². The molecule has 0 radical (unpaired) electrons. The van der Waals surface area contributed by atoms with E-state index in [1.54, 1.807) is 19.1 Å². The van der Waals surface area contributed by atoms with Gasteiger partial charge in [0.05, 0.1) is 12.6 Å². The second-order valence-corrected chi connectivity index (χ2v) is 10.6. The van der Waals surface area contributed by atoms with Crippen molar-refractivity contribution in [3.63, 3.8) is 0 Å². The summed E-state index contributed by atoms with van der Waals surface area (Å²) in [6.45, 7) is 5.32. The van der Waals surface area contributed by atoms with Crippen LogP contribution in [-0.4, -0.2) is 46.8 Å². The van der Waals surface area contributed by atoms with Gasteiger partial charge >= 0.3 is 12.0 Å². The SMILES string of the molecule is Cc1cc2ccccc2cc1CN1CC(CCOc2ccc(CC(C)(Oc3ccccc3)C(=O)O)cc2)NC1=O. The van der Waals surface area contributed by atoms with Crippen molar-refractivity contribution in [1.82, 2.24) is 10.2 Å². The van der Waals surface area contributed by atoms with Gasteiger partial charge in [0.2, 0.25) is 5.60 Å². The molecule has 0 aromatic heterocycles. The number of carbonyl (C=O) groups is 2. The van der Waals surface area contributed by atoms with E-state index in [1.807, 2.05) is 59.5 Å². The molecule has 0 aliphatic carbocycles. The number of carboxylic acid groups (broad SMARTS) is 1. The van der Waals surface area contributed by atoms with Crippen LogP contribution in [0.15, 0.2) is 91.0 Å². The number of nitrogens with one attached hydrogen (secondary N) is 1. The van der Waals surface area contributed by atoms with Gasteiger partial charge in [-0.15, -0.1) is 0 Å². The Morgan fingerprint density at radius 2 is 1.65 bits per heavy atom. The quantitative estimate of drug-likeness (QED) is 0.245. The minimum absolute atomic E-state index is 0.0129. The van der Waals surface area contributed by atoms with E-state index in [1.165, 1.54) is 16.3 Å². The fraction of sp³-hybridized carbons (Fsp3) is 0.273. The van der Waals surface area contributed by atoms with Gasteiger partial charge < -0.3 is 24.8 Å². The number of benzene rings is 4. The highest BCUT2D eigenvalue weighted by molar-refractivity contribution is 5.84. The summed E-state index contributed by atoms with van der Waals surface area (Å²) in [5.41, 5.74) is 1.76. The number of carbonyl (C=O) groups excluding carboxylic acids is 1. The average molecular weight is 539 g/mol. The molecule has 0 saturated carbocycles. The van der Waals surface area contributed by atoms with Gasteiger partial charge in [-0.1, -0.05) is 60.7 Å². The van der Waals surface area contributed by atoms with E-state index in [2.05, 4.69) is 36.5 Å². The molecule has 4 aromatic carbocycles. The Kier molecular flexibility index (Phi) is 7.91. The molecule has 2 amide bonds. The monoisotopic (exact) mass is 538 g/mol. The molecule has 2 atom stereocenters. The zero-order chi connectivity index (χ0) is 28.1. The predicted octanol–water partition coefficient (Wildman–Crippen LogP) is 5.98. The van der Waals surface area contributed by atoms with Crippen LogP contribution in [0.4, 0.5) is 4.79 Å². The first-order chi connectivity index (χ1) is 19.3. The smallest absolute Gasteiger partial charge is 0.348 e. The molecule has 2 N–H and O–H groups in total. The van der Waals surface area contributed by atoms with Crippen molar-refractivity contribution >= 4 is 22.8 Å². The van der Waals surface area contributed by atoms with E-state index < -0.39 is 11.6 Å². The fourth-order valence-corrected chi connectivity index (χ4v) is 5.05. The Morgan fingerprint density at radius 1 is 0.975 bits per heavy atom. The number of rotatable bonds is 11. The molecule has 7 heteroatoms. The third kappa shape index (κ3) is 6.37. The van der Waals surface area contributed by atoms with Gasteiger partial charge in [-0.25, -0.2) is 9.59 Å². The third-order valence-electron chi connectivity index (χ3n) is 7.36. The van der Waals surface area contributed by atoms with E-state index in [0.717, 1.165) is 11.1 Å². The second kappa shape index (κ2) is 11.7. The molecule has 1 aliphatic rings. The van der Waals surface area contributed by atoms with Crippen molar-refractivity contribution in [3.05, 3.63) is 108 Å². The lowest BCUT2D eigenvalue weighted by Crippen LogP contribution is -2.43. The van der Waals surface area contributed by atoms with Crippen molar-refractivity contribution in [2.45, 2.75) is 44.9 Å². The largest absolute Gasteiger partial charge is 0.494 e. The van der Waals surface area contributed by atoms with Gasteiger partial charge in [0.15, 0.2) is 0 Å². The lowest BCUT2D eigenvalue weighted by atomic mass is 9.96. The van der Waals surface area contributed by atoms with Crippen LogP contribution < -0.4 is 14.8 Å². The van der Waals surface area contributed by atoms with Crippen molar-refractivity contribution in [2.24, 2.45) is 0 Å². The first-order valence-electron chi connectivity index (χ1n) is 13.5. The summed E-state index contributed by atoms with van der Waals surface area (Å²) in [4.78, 5) is 26.5. The van der Waals surface area contributed by atoms with Crippen LogP contribution in [-0.2, 0) is 17.8 Å². The van der Waals surface area contributed by atoms with E-state index in [0.29, 0.717) is 37.6 Å². The molecule has 2 unspecified atom stereocenters. The van der Waals surface area contributed by atoms with Crippen LogP contribution in [0.25, 0.3) is 10.8 Å². The van der Waals surface area contributed by atoms with Crippen molar-refractivity contribution in [3.8, 4) is 11.5 Å². The highest BCUT2D eigenvalue weighted by Gasteiger charge is 2.36. The number of hydrogen-bond donors (Lipinski definition) is 2.